The zero-order valence-corrected chi connectivity index (χ0v) is 55.0. The Balaban J connectivity index is 1.44. The molecule has 556 valence electrons. The fraction of sp³-hybridized carbons (Fsp3) is 0.949. The van der Waals surface area contributed by atoms with E-state index in [1.165, 1.54) is 0 Å². The molecule has 6 fully saturated rings. The molecule has 0 aromatic heterocycles. The van der Waals surface area contributed by atoms with Crippen molar-refractivity contribution < 1.29 is 220 Å². The molecule has 1 aliphatic carbocycles. The molecule has 0 aromatic carbocycles. The van der Waals surface area contributed by atoms with Crippen LogP contribution in [0.2, 0.25) is 0 Å². The Hall–Kier alpha value is -2.65. The second-order valence-electron chi connectivity index (χ2n) is 20.1. The summed E-state index contributed by atoms with van der Waals surface area (Å²) in [7, 11) is -33.3. The summed E-state index contributed by atoms with van der Waals surface area (Å²) in [4.78, 5) is 26.5. The summed E-state index contributed by atoms with van der Waals surface area (Å²) in [5.74, 6) is -10.9. The van der Waals surface area contributed by atoms with Crippen LogP contribution in [0, 0.1) is 11.8 Å². The molecule has 1 saturated carbocycles. The van der Waals surface area contributed by atoms with Crippen LogP contribution < -0.4 is 0 Å². The minimum Gasteiger partial charge on any atom is -0.479 e. The van der Waals surface area contributed by atoms with Crippen LogP contribution in [0.4, 0.5) is 0 Å². The summed E-state index contributed by atoms with van der Waals surface area (Å²) in [6.45, 7) is -4.29. The summed E-state index contributed by atoms with van der Waals surface area (Å²) in [5, 5.41) is 21.4. The van der Waals surface area contributed by atoms with Crippen LogP contribution in [0.25, 0.3) is 0 Å². The monoisotopic (exact) mass is 1540 g/mol. The first-order valence-corrected chi connectivity index (χ1v) is 35.4. The number of hydrogen-bond donors (Lipinski definition) is 9. The van der Waals surface area contributed by atoms with E-state index in [0.29, 0.717) is 14.2 Å². The molecular weight excluding hydrogens is 1480 g/mol. The third kappa shape index (κ3) is 20.8. The van der Waals surface area contributed by atoms with Gasteiger partial charge < -0.3 is 90.7 Å². The van der Waals surface area contributed by atoms with Crippen molar-refractivity contribution in [2.24, 2.45) is 11.8 Å². The van der Waals surface area contributed by atoms with Crippen LogP contribution in [0.1, 0.15) is 0 Å². The number of rotatable bonds is 35. The quantitative estimate of drug-likeness (QED) is 0.0210. The Kier molecular flexibility index (Phi) is 27.1. The van der Waals surface area contributed by atoms with Crippen LogP contribution in [-0.2, 0) is 192 Å². The molecule has 5 heterocycles. The SMILES string of the molecule is COC1C(OC)[C@H](OC)C(COS(=O)(=O)O)O[C@@H]1O[C@@H]1C(C(=O)O)O[C@@H](O[C@@H]2C(COS(=O)(=O)O)O[C@@H](OC3(OC)[C@@H]4C(C(=O)O)O[C@@H](O[C@@H]5C(COS(=O)(=O)O)O[C@H](OC)C(OS(=O)(=O)O)C5OS(=O)(=O)O)C(OC)[C@H]43)C(OS(=O)(=O)O)[C@H]2OS(=O)(=O)O)C(OC)C1OC. The molecule has 14 unspecified atom stereocenters. The van der Waals surface area contributed by atoms with E-state index in [0.717, 1.165) is 42.7 Å². The van der Waals surface area contributed by atoms with Crippen molar-refractivity contribution in [2.45, 2.75) is 147 Å². The molecule has 6 aliphatic rings. The lowest BCUT2D eigenvalue weighted by Gasteiger charge is -2.50. The number of hydrogen-bond acceptors (Lipinski definition) is 40. The number of ether oxygens (including phenoxy) is 17. The zero-order chi connectivity index (χ0) is 71.7. The molecule has 95 heavy (non-hydrogen) atoms. The van der Waals surface area contributed by atoms with Crippen LogP contribution in [0.3, 0.4) is 0 Å². The van der Waals surface area contributed by atoms with Crippen molar-refractivity contribution in [1.29, 1.82) is 0 Å². The lowest BCUT2D eigenvalue weighted by atomic mass is 9.95. The molecule has 9 N–H and O–H groups in total. The largest absolute Gasteiger partial charge is 0.479 e. The molecule has 0 spiro atoms. The van der Waals surface area contributed by atoms with E-state index >= 15 is 0 Å². The van der Waals surface area contributed by atoms with Gasteiger partial charge in [0.15, 0.2) is 61.7 Å². The number of carbonyl (C=O) groups is 2. The second-order valence-corrected chi connectivity index (χ2v) is 27.5. The molecule has 0 bridgehead atoms. The Morgan fingerprint density at radius 2 is 0.642 bits per heavy atom. The number of carboxylic acid groups (broad SMARTS) is 2. The lowest BCUT2D eigenvalue weighted by Crippen LogP contribution is -2.68. The molecule has 6 rings (SSSR count). The van der Waals surface area contributed by atoms with Crippen molar-refractivity contribution in [1.82, 2.24) is 0 Å². The molecule has 49 nitrogen and oxygen atoms in total. The summed E-state index contributed by atoms with van der Waals surface area (Å²) < 4.78 is 369. The fourth-order valence-corrected chi connectivity index (χ4v) is 14.1. The van der Waals surface area contributed by atoms with E-state index in [-0.39, 0.29) is 0 Å². The van der Waals surface area contributed by atoms with Crippen LogP contribution >= 0.6 is 0 Å². The maximum absolute atomic E-state index is 13.3. The third-order valence-corrected chi connectivity index (χ3v) is 17.8. The Labute approximate surface area is 538 Å². The number of carboxylic acids is 2. The average molecular weight is 1540 g/mol. The van der Waals surface area contributed by atoms with E-state index in [9.17, 15) is 111 Å². The van der Waals surface area contributed by atoms with Gasteiger partial charge in [0.2, 0.25) is 0 Å². The van der Waals surface area contributed by atoms with Crippen molar-refractivity contribution in [3.05, 3.63) is 0 Å². The molecule has 0 radical (unpaired) electrons. The van der Waals surface area contributed by atoms with Gasteiger partial charge in [0.1, 0.15) is 85.5 Å². The van der Waals surface area contributed by atoms with Gasteiger partial charge in [0, 0.05) is 56.9 Å². The molecule has 0 aromatic rings. The number of aliphatic carboxylic acids is 2. The van der Waals surface area contributed by atoms with Crippen LogP contribution in [0.5, 0.6) is 0 Å². The van der Waals surface area contributed by atoms with Gasteiger partial charge in [-0.25, -0.2) is 38.9 Å². The predicted octanol–water partition coefficient (Wildman–Crippen LogP) is -7.51. The van der Waals surface area contributed by atoms with Crippen LogP contribution in [0.15, 0.2) is 0 Å². The molecule has 5 saturated heterocycles. The normalized spacial score (nSPS) is 39.3. The highest BCUT2D eigenvalue weighted by molar-refractivity contribution is 7.82. The first-order chi connectivity index (χ1) is 43.7. The van der Waals surface area contributed by atoms with Crippen molar-refractivity contribution >= 4 is 84.7 Å². The van der Waals surface area contributed by atoms with E-state index in [1.807, 2.05) is 0 Å². The van der Waals surface area contributed by atoms with Gasteiger partial charge in [-0.05, 0) is 0 Å². The maximum Gasteiger partial charge on any atom is 0.397 e. The number of fused-ring (bicyclic) bond motifs is 1. The Bertz CT molecular complexity index is 3450. The summed E-state index contributed by atoms with van der Waals surface area (Å²) >= 11 is 0. The highest BCUT2D eigenvalue weighted by atomic mass is 32.3. The van der Waals surface area contributed by atoms with Gasteiger partial charge in [-0.2, -0.15) is 58.9 Å². The smallest absolute Gasteiger partial charge is 0.397 e. The van der Waals surface area contributed by atoms with Crippen LogP contribution in [-0.4, -0.2) is 337 Å². The fourth-order valence-electron chi connectivity index (χ4n) is 11.2. The molecular formula is C39H64O49S7. The second kappa shape index (κ2) is 31.7. The highest BCUT2D eigenvalue weighted by Gasteiger charge is 2.80. The van der Waals surface area contributed by atoms with Gasteiger partial charge in [-0.1, -0.05) is 0 Å². The van der Waals surface area contributed by atoms with Crippen molar-refractivity contribution in [3.63, 3.8) is 0 Å². The zero-order valence-electron chi connectivity index (χ0n) is 49.3. The molecule has 5 aliphatic heterocycles. The van der Waals surface area contributed by atoms with E-state index in [2.05, 4.69) is 20.9 Å². The summed E-state index contributed by atoms with van der Waals surface area (Å²) in [6.07, 6.45) is -53.1. The van der Waals surface area contributed by atoms with Gasteiger partial charge in [0.25, 0.3) is 0 Å². The minimum absolute atomic E-state index is 0.695. The average Bonchev–Trinajstić information content (AvgIpc) is 1.51. The van der Waals surface area contributed by atoms with Gasteiger partial charge in [-0.3, -0.25) is 31.9 Å². The minimum atomic E-state index is -6.19. The maximum atomic E-state index is 13.3. The van der Waals surface area contributed by atoms with Gasteiger partial charge in [0.05, 0.1) is 31.7 Å². The molecule has 56 heteroatoms. The first-order valence-electron chi connectivity index (χ1n) is 25.8. The van der Waals surface area contributed by atoms with E-state index < -0.39 is 263 Å². The molecule has 26 atom stereocenters. The molecule has 0 amide bonds. The lowest BCUT2D eigenvalue weighted by molar-refractivity contribution is -0.384. The third-order valence-electron chi connectivity index (χ3n) is 14.6. The number of methoxy groups -OCH3 is 8. The summed E-state index contributed by atoms with van der Waals surface area (Å²) in [6, 6.07) is 0. The van der Waals surface area contributed by atoms with Crippen molar-refractivity contribution in [2.75, 3.05) is 76.7 Å². The highest BCUT2D eigenvalue weighted by Crippen LogP contribution is 2.63. The first kappa shape index (κ1) is 81.3. The van der Waals surface area contributed by atoms with Crippen molar-refractivity contribution in [3.8, 4) is 0 Å². The predicted molar refractivity (Wildman–Crippen MR) is 281 cm³/mol. The van der Waals surface area contributed by atoms with Gasteiger partial charge >= 0.3 is 84.7 Å². The van der Waals surface area contributed by atoms with E-state index in [4.69, 9.17) is 88.9 Å². The Morgan fingerprint density at radius 1 is 0.326 bits per heavy atom. The standard InChI is InChI=1S/C39H64O49S7/c1-65-17-12(9-73-89(44,45)46)77-36(28(69-5)22(17)67-3)82-24-23(68-4)29(70-6)37(83-27(24)33(42)43)80-19-14(11-75-91(50,51)52)78-38(31(88-95(62,63)64)26(19)86-93(56,57)58)84-39(72-8)15-16(39)21(66-2)35(81-20(15)32(40)41)79-18-13(10-74-90(47,48)49)76-34(71-7)30(87-94(59,60)61)25(18)85-92(53,54)55/h12-31,34-38H,9-11H2,1-8H3,(H,40,41)(H,42,43)(H,44,45,46)(H,47,48,49)(H,50,51,52)(H,53,54,55)(H,56,57,58)(H,59,60,61)(H,62,63,64)/t12?,13?,14?,15-,16-,17+,18+,19+,20?,21?,22?,23?,24-,25?,26-,27?,28?,29?,30?,31?,34-,35+,36+,37+,38-,39?/m0/s1. The van der Waals surface area contributed by atoms with Gasteiger partial charge in [-0.15, -0.1) is 0 Å². The topological polar surface area (TPSA) is 677 Å². The van der Waals surface area contributed by atoms with E-state index in [1.54, 1.807) is 0 Å². The summed E-state index contributed by atoms with van der Waals surface area (Å²) in [5.41, 5.74) is 0. The Morgan fingerprint density at radius 3 is 1.00 bits per heavy atom.